The van der Waals surface area contributed by atoms with Crippen molar-refractivity contribution in [1.29, 1.82) is 0 Å². The van der Waals surface area contributed by atoms with E-state index in [9.17, 15) is 28.8 Å². The van der Waals surface area contributed by atoms with Crippen LogP contribution in [0.5, 0.6) is 0 Å². The molecule has 2 saturated heterocycles. The molecule has 0 N–H and O–H groups in total. The fourth-order valence-electron chi connectivity index (χ4n) is 8.23. The maximum absolute atomic E-state index is 12.8. The highest BCUT2D eigenvalue weighted by Crippen LogP contribution is 2.43. The minimum absolute atomic E-state index is 0.0986. The third-order valence-electron chi connectivity index (χ3n) is 10.7. The summed E-state index contributed by atoms with van der Waals surface area (Å²) in [5.74, 6) is -3.76. The van der Waals surface area contributed by atoms with Crippen LogP contribution in [-0.2, 0) is 47.7 Å². The van der Waals surface area contributed by atoms with Crippen molar-refractivity contribution in [3.8, 4) is 0 Å². The highest BCUT2D eigenvalue weighted by atomic mass is 16.6. The minimum atomic E-state index is -0.504. The summed E-state index contributed by atoms with van der Waals surface area (Å²) in [5.41, 5.74) is 0. The molecule has 40 heavy (non-hydrogen) atoms. The number of fused-ring (bicyclic) bond motifs is 2. The first-order valence-electron chi connectivity index (χ1n) is 15.2. The van der Waals surface area contributed by atoms with E-state index in [1.165, 1.54) is 0 Å². The Morgan fingerprint density at radius 3 is 1.20 bits per heavy atom. The maximum Gasteiger partial charge on any atom is 0.317 e. The second kappa shape index (κ2) is 11.2. The lowest BCUT2D eigenvalue weighted by Crippen LogP contribution is -2.36. The van der Waals surface area contributed by atoms with Gasteiger partial charge in [-0.15, -0.1) is 0 Å². The van der Waals surface area contributed by atoms with Crippen molar-refractivity contribution in [2.24, 2.45) is 47.3 Å². The molecule has 0 aromatic heterocycles. The van der Waals surface area contributed by atoms with Gasteiger partial charge >= 0.3 is 35.8 Å². The Bertz CT molecular complexity index is 982. The van der Waals surface area contributed by atoms with E-state index in [4.69, 9.17) is 18.9 Å². The van der Waals surface area contributed by atoms with Gasteiger partial charge in [-0.2, -0.15) is 0 Å². The van der Waals surface area contributed by atoms with Gasteiger partial charge in [-0.3, -0.25) is 28.8 Å². The lowest BCUT2D eigenvalue weighted by atomic mass is 9.72. The molecule has 2 aliphatic heterocycles. The van der Waals surface area contributed by atoms with E-state index < -0.39 is 47.5 Å². The van der Waals surface area contributed by atoms with Crippen molar-refractivity contribution in [2.45, 2.75) is 102 Å². The maximum atomic E-state index is 12.8. The quantitative estimate of drug-likeness (QED) is 0.280. The number of esters is 6. The SMILES string of the molecule is O=C(OC1CCC(C2CCC(OC(=O)C3CCC4C(=O)OC(=O)C4C3)CC2)CC1)C1CCC2C(=O)OC(=O)C2C1. The first kappa shape index (κ1) is 27.4. The first-order chi connectivity index (χ1) is 19.3. The molecule has 6 aliphatic rings. The fourth-order valence-corrected chi connectivity index (χ4v) is 8.23. The van der Waals surface area contributed by atoms with Crippen LogP contribution in [-0.4, -0.2) is 48.0 Å². The first-order valence-corrected chi connectivity index (χ1v) is 15.2. The number of hydrogen-bond donors (Lipinski definition) is 0. The summed E-state index contributed by atoms with van der Waals surface area (Å²) in [6, 6.07) is 0. The summed E-state index contributed by atoms with van der Waals surface area (Å²) in [6.07, 6.45) is 9.93. The minimum Gasteiger partial charge on any atom is -0.462 e. The van der Waals surface area contributed by atoms with Crippen LogP contribution < -0.4 is 0 Å². The normalized spacial score (nSPS) is 41.4. The Hall–Kier alpha value is -2.78. The van der Waals surface area contributed by atoms with Gasteiger partial charge in [0, 0.05) is 0 Å². The molecule has 0 aromatic carbocycles. The molecule has 10 nitrogen and oxygen atoms in total. The Balaban J connectivity index is 0.897. The summed E-state index contributed by atoms with van der Waals surface area (Å²) in [6.45, 7) is 0. The predicted molar refractivity (Wildman–Crippen MR) is 135 cm³/mol. The van der Waals surface area contributed by atoms with Crippen LogP contribution in [0.2, 0.25) is 0 Å². The lowest BCUT2D eigenvalue weighted by Gasteiger charge is -2.38. The molecule has 218 valence electrons. The monoisotopic (exact) mass is 558 g/mol. The number of carbonyl (C=O) groups is 6. The zero-order chi connectivity index (χ0) is 28.0. The molecular formula is C30H38O10. The van der Waals surface area contributed by atoms with Crippen LogP contribution in [0.3, 0.4) is 0 Å². The number of hydrogen-bond acceptors (Lipinski definition) is 10. The number of ether oxygens (including phenoxy) is 4. The Labute approximate surface area is 233 Å². The van der Waals surface area contributed by atoms with Crippen molar-refractivity contribution in [3.05, 3.63) is 0 Å². The molecule has 0 bridgehead atoms. The van der Waals surface area contributed by atoms with Gasteiger partial charge in [-0.25, -0.2) is 0 Å². The second-order valence-electron chi connectivity index (χ2n) is 12.9. The van der Waals surface area contributed by atoms with Crippen molar-refractivity contribution < 1.29 is 47.7 Å². The molecule has 10 heteroatoms. The standard InChI is InChI=1S/C30H38O10/c31-25(17-5-11-21-23(13-17)29(35)39-27(21)33)37-19-7-1-15(2-8-19)16-3-9-20(10-4-16)38-26(32)18-6-12-22-24(14-18)30(36)40-28(22)34/h15-24H,1-14H2. The van der Waals surface area contributed by atoms with E-state index in [1.807, 2.05) is 0 Å². The average Bonchev–Trinajstić information content (AvgIpc) is 3.41. The van der Waals surface area contributed by atoms with Crippen LogP contribution >= 0.6 is 0 Å². The molecule has 2 heterocycles. The Morgan fingerprint density at radius 1 is 0.475 bits per heavy atom. The smallest absolute Gasteiger partial charge is 0.317 e. The summed E-state index contributed by atoms with van der Waals surface area (Å²) >= 11 is 0. The zero-order valence-electron chi connectivity index (χ0n) is 22.8. The average molecular weight is 559 g/mol. The highest BCUT2D eigenvalue weighted by Gasteiger charge is 2.50. The van der Waals surface area contributed by atoms with Crippen molar-refractivity contribution in [2.75, 3.05) is 0 Å². The molecule has 0 spiro atoms. The molecule has 6 rings (SSSR count). The van der Waals surface area contributed by atoms with Crippen molar-refractivity contribution >= 4 is 35.8 Å². The molecule has 0 amide bonds. The van der Waals surface area contributed by atoms with E-state index in [-0.39, 0.29) is 36.0 Å². The van der Waals surface area contributed by atoms with Gasteiger partial charge in [-0.05, 0) is 102 Å². The third kappa shape index (κ3) is 5.42. The lowest BCUT2D eigenvalue weighted by molar-refractivity contribution is -0.161. The van der Waals surface area contributed by atoms with Gasteiger partial charge in [-0.1, -0.05) is 0 Å². The molecule has 0 aromatic rings. The molecule has 6 unspecified atom stereocenters. The third-order valence-corrected chi connectivity index (χ3v) is 10.7. The number of carbonyl (C=O) groups excluding carboxylic acids is 6. The molecule has 4 aliphatic carbocycles. The number of cyclic esters (lactones) is 4. The highest BCUT2D eigenvalue weighted by molar-refractivity contribution is 5.97. The van der Waals surface area contributed by atoms with Crippen LogP contribution in [0.15, 0.2) is 0 Å². The Morgan fingerprint density at radius 2 is 0.825 bits per heavy atom. The van der Waals surface area contributed by atoms with Gasteiger partial charge in [0.25, 0.3) is 0 Å². The van der Waals surface area contributed by atoms with E-state index >= 15 is 0 Å². The molecule has 0 radical (unpaired) electrons. The van der Waals surface area contributed by atoms with Crippen LogP contribution in [0.1, 0.15) is 89.9 Å². The van der Waals surface area contributed by atoms with Gasteiger partial charge in [0.1, 0.15) is 12.2 Å². The van der Waals surface area contributed by atoms with Crippen LogP contribution in [0.25, 0.3) is 0 Å². The van der Waals surface area contributed by atoms with Gasteiger partial charge in [0.05, 0.1) is 35.5 Å². The molecule has 4 saturated carbocycles. The topological polar surface area (TPSA) is 139 Å². The number of rotatable bonds is 5. The molecule has 6 atom stereocenters. The van der Waals surface area contributed by atoms with E-state index in [2.05, 4.69) is 0 Å². The summed E-state index contributed by atoms with van der Waals surface area (Å²) < 4.78 is 21.2. The van der Waals surface area contributed by atoms with Crippen molar-refractivity contribution in [1.82, 2.24) is 0 Å². The molecule has 6 fully saturated rings. The van der Waals surface area contributed by atoms with E-state index in [0.717, 1.165) is 51.4 Å². The summed E-state index contributed by atoms with van der Waals surface area (Å²) in [4.78, 5) is 73.0. The van der Waals surface area contributed by atoms with Crippen LogP contribution in [0.4, 0.5) is 0 Å². The van der Waals surface area contributed by atoms with Gasteiger partial charge < -0.3 is 18.9 Å². The largest absolute Gasteiger partial charge is 0.462 e. The fraction of sp³-hybridized carbons (Fsp3) is 0.800. The van der Waals surface area contributed by atoms with Crippen LogP contribution in [0, 0.1) is 47.3 Å². The van der Waals surface area contributed by atoms with Gasteiger partial charge in [0.2, 0.25) is 0 Å². The zero-order valence-corrected chi connectivity index (χ0v) is 22.8. The predicted octanol–water partition coefficient (Wildman–Crippen LogP) is 3.42. The van der Waals surface area contributed by atoms with Gasteiger partial charge in [0.15, 0.2) is 0 Å². The van der Waals surface area contributed by atoms with Crippen molar-refractivity contribution in [3.63, 3.8) is 0 Å². The summed E-state index contributed by atoms with van der Waals surface area (Å²) in [5, 5.41) is 0. The Kier molecular flexibility index (Phi) is 7.70. The molecular weight excluding hydrogens is 520 g/mol. The van der Waals surface area contributed by atoms with E-state index in [1.54, 1.807) is 0 Å². The van der Waals surface area contributed by atoms with E-state index in [0.29, 0.717) is 50.4 Å². The summed E-state index contributed by atoms with van der Waals surface area (Å²) in [7, 11) is 0. The second-order valence-corrected chi connectivity index (χ2v) is 12.9.